The van der Waals surface area contributed by atoms with Crippen molar-refractivity contribution in [3.05, 3.63) is 48.5 Å². The van der Waals surface area contributed by atoms with E-state index >= 15 is 0 Å². The molecule has 2 aromatic carbocycles. The lowest BCUT2D eigenvalue weighted by atomic mass is 9.82. The number of carbonyl (C=O) groups excluding carboxylic acids is 4. The van der Waals surface area contributed by atoms with Gasteiger partial charge < -0.3 is 37.9 Å². The van der Waals surface area contributed by atoms with Gasteiger partial charge in [-0.05, 0) is 87.1 Å². The fraction of sp³-hybridized carbons (Fsp3) is 0.529. The minimum absolute atomic E-state index is 0.0519. The molecule has 0 heterocycles. The SMILES string of the molecule is CCCCOC(=O)OCCOc1ccc(OC(=O)C2CCC(C(=O)Oc3ccc(OCCOC(=O)OCCCC)cc3)CC2)cc1. The van der Waals surface area contributed by atoms with Crippen LogP contribution in [0.25, 0.3) is 0 Å². The highest BCUT2D eigenvalue weighted by molar-refractivity contribution is 5.77. The van der Waals surface area contributed by atoms with Gasteiger partial charge in [-0.25, -0.2) is 9.59 Å². The normalized spacial score (nSPS) is 15.6. The van der Waals surface area contributed by atoms with Crippen molar-refractivity contribution in [1.82, 2.24) is 0 Å². The highest BCUT2D eigenvalue weighted by atomic mass is 16.7. The van der Waals surface area contributed by atoms with E-state index in [0.29, 0.717) is 61.9 Å². The van der Waals surface area contributed by atoms with Crippen LogP contribution in [0.3, 0.4) is 0 Å². The number of unbranched alkanes of at least 4 members (excludes halogenated alkanes) is 2. The van der Waals surface area contributed by atoms with Gasteiger partial charge in [-0.15, -0.1) is 0 Å². The molecule has 0 saturated heterocycles. The predicted molar refractivity (Wildman–Crippen MR) is 165 cm³/mol. The van der Waals surface area contributed by atoms with Gasteiger partial charge in [0, 0.05) is 0 Å². The Labute approximate surface area is 269 Å². The van der Waals surface area contributed by atoms with E-state index in [2.05, 4.69) is 0 Å². The Balaban J connectivity index is 1.29. The van der Waals surface area contributed by atoms with E-state index < -0.39 is 12.3 Å². The molecule has 0 aromatic heterocycles. The van der Waals surface area contributed by atoms with Crippen LogP contribution < -0.4 is 18.9 Å². The molecular weight excluding hydrogens is 600 g/mol. The Bertz CT molecular complexity index is 1110. The monoisotopic (exact) mass is 644 g/mol. The smallest absolute Gasteiger partial charge is 0.490 e. The Morgan fingerprint density at radius 1 is 0.500 bits per heavy atom. The third-order valence-electron chi connectivity index (χ3n) is 7.06. The molecule has 0 atom stereocenters. The highest BCUT2D eigenvalue weighted by Crippen LogP contribution is 2.32. The summed E-state index contributed by atoms with van der Waals surface area (Å²) in [5, 5.41) is 0. The van der Waals surface area contributed by atoms with Gasteiger partial charge in [-0.1, -0.05) is 26.7 Å². The zero-order valence-electron chi connectivity index (χ0n) is 26.6. The topological polar surface area (TPSA) is 142 Å². The van der Waals surface area contributed by atoms with Crippen LogP contribution in [0.5, 0.6) is 23.0 Å². The van der Waals surface area contributed by atoms with Crippen LogP contribution in [0.15, 0.2) is 48.5 Å². The van der Waals surface area contributed by atoms with Gasteiger partial charge in [0.05, 0.1) is 25.0 Å². The lowest BCUT2D eigenvalue weighted by Crippen LogP contribution is -2.30. The van der Waals surface area contributed by atoms with Crippen molar-refractivity contribution < 1.29 is 57.1 Å². The number of carbonyl (C=O) groups is 4. The van der Waals surface area contributed by atoms with E-state index in [4.69, 9.17) is 37.9 Å². The second-order valence-corrected chi connectivity index (χ2v) is 10.6. The van der Waals surface area contributed by atoms with Crippen LogP contribution >= 0.6 is 0 Å². The third-order valence-corrected chi connectivity index (χ3v) is 7.06. The molecule has 252 valence electrons. The molecule has 12 nitrogen and oxygen atoms in total. The van der Waals surface area contributed by atoms with Crippen molar-refractivity contribution in [3.63, 3.8) is 0 Å². The molecule has 12 heteroatoms. The van der Waals surface area contributed by atoms with Gasteiger partial charge in [0.2, 0.25) is 0 Å². The zero-order chi connectivity index (χ0) is 33.0. The van der Waals surface area contributed by atoms with Crippen LogP contribution in [0, 0.1) is 11.8 Å². The number of rotatable bonds is 18. The van der Waals surface area contributed by atoms with Gasteiger partial charge in [0.15, 0.2) is 0 Å². The minimum Gasteiger partial charge on any atom is -0.490 e. The molecular formula is C34H44O12. The summed E-state index contributed by atoms with van der Waals surface area (Å²) in [5.74, 6) is 0.542. The Morgan fingerprint density at radius 2 is 0.826 bits per heavy atom. The average Bonchev–Trinajstić information content (AvgIpc) is 3.07. The standard InChI is InChI=1S/C34H44O12/c1-3-5-19-41-33(37)43-23-21-39-27-11-15-29(16-12-27)45-31(35)25-7-9-26(10-8-25)32(36)46-30-17-13-28(14-18-30)40-22-24-44-34(38)42-20-6-4-2/h11-18,25-26H,3-10,19-24H2,1-2H3. The number of benzene rings is 2. The molecule has 0 unspecified atom stereocenters. The van der Waals surface area contributed by atoms with E-state index in [1.54, 1.807) is 48.5 Å². The molecule has 0 aliphatic heterocycles. The Morgan fingerprint density at radius 3 is 1.17 bits per heavy atom. The highest BCUT2D eigenvalue weighted by Gasteiger charge is 2.32. The minimum atomic E-state index is -0.717. The maximum Gasteiger partial charge on any atom is 0.508 e. The lowest BCUT2D eigenvalue weighted by Gasteiger charge is -2.25. The van der Waals surface area contributed by atoms with Crippen molar-refractivity contribution >= 4 is 24.2 Å². The molecule has 0 N–H and O–H groups in total. The number of hydrogen-bond acceptors (Lipinski definition) is 12. The molecule has 1 fully saturated rings. The summed E-state index contributed by atoms with van der Waals surface area (Å²) in [6.07, 6.45) is 4.05. The van der Waals surface area contributed by atoms with Crippen LogP contribution in [0.1, 0.15) is 65.2 Å². The number of esters is 2. The fourth-order valence-electron chi connectivity index (χ4n) is 4.42. The van der Waals surface area contributed by atoms with Gasteiger partial charge in [0.25, 0.3) is 0 Å². The molecule has 0 radical (unpaired) electrons. The van der Waals surface area contributed by atoms with Crippen molar-refractivity contribution in [3.8, 4) is 23.0 Å². The van der Waals surface area contributed by atoms with E-state index in [9.17, 15) is 19.2 Å². The Kier molecular flexibility index (Phi) is 16.1. The Hall–Kier alpha value is -4.48. The van der Waals surface area contributed by atoms with Crippen molar-refractivity contribution in [2.24, 2.45) is 11.8 Å². The molecule has 1 aliphatic carbocycles. The van der Waals surface area contributed by atoms with E-state index in [-0.39, 0.29) is 50.2 Å². The van der Waals surface area contributed by atoms with Gasteiger partial charge >= 0.3 is 24.2 Å². The molecule has 0 spiro atoms. The van der Waals surface area contributed by atoms with Crippen molar-refractivity contribution in [2.45, 2.75) is 65.2 Å². The first-order valence-electron chi connectivity index (χ1n) is 15.9. The molecule has 3 rings (SSSR count). The van der Waals surface area contributed by atoms with Gasteiger partial charge in [-0.2, -0.15) is 0 Å². The quantitative estimate of drug-likeness (QED) is 0.0972. The van der Waals surface area contributed by atoms with E-state index in [0.717, 1.165) is 25.7 Å². The second kappa shape index (κ2) is 20.5. The second-order valence-electron chi connectivity index (χ2n) is 10.6. The van der Waals surface area contributed by atoms with Crippen LogP contribution in [-0.2, 0) is 28.5 Å². The maximum atomic E-state index is 12.7. The summed E-state index contributed by atoms with van der Waals surface area (Å²) in [4.78, 5) is 48.3. The first-order valence-corrected chi connectivity index (χ1v) is 15.9. The first kappa shape index (κ1) is 36.0. The average molecular weight is 645 g/mol. The van der Waals surface area contributed by atoms with Gasteiger partial charge in [0.1, 0.15) is 49.4 Å². The zero-order valence-corrected chi connectivity index (χ0v) is 26.6. The van der Waals surface area contributed by atoms with E-state index in [1.807, 2.05) is 13.8 Å². The summed E-state index contributed by atoms with van der Waals surface area (Å²) in [6, 6.07) is 13.2. The largest absolute Gasteiger partial charge is 0.508 e. The lowest BCUT2D eigenvalue weighted by molar-refractivity contribution is -0.145. The number of ether oxygens (including phenoxy) is 8. The maximum absolute atomic E-state index is 12.7. The molecule has 0 bridgehead atoms. The van der Waals surface area contributed by atoms with Crippen molar-refractivity contribution in [1.29, 1.82) is 0 Å². The van der Waals surface area contributed by atoms with Crippen LogP contribution in [0.2, 0.25) is 0 Å². The summed E-state index contributed by atoms with van der Waals surface area (Å²) in [7, 11) is 0. The molecule has 46 heavy (non-hydrogen) atoms. The summed E-state index contributed by atoms with van der Waals surface area (Å²) in [5.41, 5.74) is 0. The first-order chi connectivity index (χ1) is 22.4. The molecule has 2 aromatic rings. The molecule has 1 aliphatic rings. The molecule has 0 amide bonds. The summed E-state index contributed by atoms with van der Waals surface area (Å²) < 4.78 is 41.8. The fourth-order valence-corrected chi connectivity index (χ4v) is 4.42. The van der Waals surface area contributed by atoms with Crippen LogP contribution in [-0.4, -0.2) is 63.9 Å². The van der Waals surface area contributed by atoms with Crippen molar-refractivity contribution in [2.75, 3.05) is 39.6 Å². The van der Waals surface area contributed by atoms with Crippen LogP contribution in [0.4, 0.5) is 9.59 Å². The molecule has 1 saturated carbocycles. The van der Waals surface area contributed by atoms with E-state index in [1.165, 1.54) is 0 Å². The number of hydrogen-bond donors (Lipinski definition) is 0. The summed E-state index contributed by atoms with van der Waals surface area (Å²) >= 11 is 0. The third kappa shape index (κ3) is 13.7. The van der Waals surface area contributed by atoms with Gasteiger partial charge in [-0.3, -0.25) is 9.59 Å². The predicted octanol–water partition coefficient (Wildman–Crippen LogP) is 6.67. The summed E-state index contributed by atoms with van der Waals surface area (Å²) in [6.45, 7) is 5.08.